The molecule has 2 rings (SSSR count). The van der Waals surface area contributed by atoms with Gasteiger partial charge < -0.3 is 10.8 Å². The van der Waals surface area contributed by atoms with Crippen LogP contribution in [-0.2, 0) is 0 Å². The first-order chi connectivity index (χ1) is 6.47. The van der Waals surface area contributed by atoms with Gasteiger partial charge in [0.05, 0.1) is 0 Å². The Bertz CT molecular complexity index is 115. The molecule has 3 N–H and O–H groups in total. The number of hydrogen-bond donors (Lipinski definition) is 1. The lowest BCUT2D eigenvalue weighted by atomic mass is 9.83. The molecule has 2 aliphatic rings. The third kappa shape index (κ3) is 3.97. The minimum Gasteiger partial charge on any atom is -0.412 e. The normalized spacial score (nSPS) is 27.4. The van der Waals surface area contributed by atoms with E-state index in [-0.39, 0.29) is 5.48 Å². The van der Waals surface area contributed by atoms with Crippen LogP contribution in [0.3, 0.4) is 0 Å². The van der Waals surface area contributed by atoms with Crippen LogP contribution in [-0.4, -0.2) is 18.1 Å². The zero-order valence-electron chi connectivity index (χ0n) is 9.81. The molecule has 0 aromatic heterocycles. The van der Waals surface area contributed by atoms with Crippen molar-refractivity contribution in [2.24, 2.45) is 5.92 Å². The van der Waals surface area contributed by atoms with Gasteiger partial charge >= 0.3 is 0 Å². The van der Waals surface area contributed by atoms with Crippen LogP contribution in [0.4, 0.5) is 0 Å². The van der Waals surface area contributed by atoms with E-state index in [2.05, 4.69) is 5.32 Å². The molecular formula is C12H27NO. The summed E-state index contributed by atoms with van der Waals surface area (Å²) < 4.78 is 0. The van der Waals surface area contributed by atoms with Gasteiger partial charge in [-0.25, -0.2) is 0 Å². The van der Waals surface area contributed by atoms with E-state index in [1.165, 1.54) is 51.5 Å². The Balaban J connectivity index is 0.000000531. The first-order valence-corrected chi connectivity index (χ1v) is 6.20. The van der Waals surface area contributed by atoms with Gasteiger partial charge in [0.2, 0.25) is 0 Å². The maximum Gasteiger partial charge on any atom is 0.00957 e. The summed E-state index contributed by atoms with van der Waals surface area (Å²) >= 11 is 0. The molecule has 0 radical (unpaired) electrons. The van der Waals surface area contributed by atoms with E-state index >= 15 is 0 Å². The van der Waals surface area contributed by atoms with Crippen LogP contribution in [0.1, 0.15) is 58.8 Å². The summed E-state index contributed by atoms with van der Waals surface area (Å²) in [5, 5.41) is 3.63. The Hall–Kier alpha value is -0.0800. The minimum absolute atomic E-state index is 0. The lowest BCUT2D eigenvalue weighted by Gasteiger charge is -2.27. The van der Waals surface area contributed by atoms with Crippen molar-refractivity contribution in [1.29, 1.82) is 0 Å². The van der Waals surface area contributed by atoms with Gasteiger partial charge in [0, 0.05) is 6.04 Å². The van der Waals surface area contributed by atoms with Crippen molar-refractivity contribution in [3.05, 3.63) is 0 Å². The molecule has 1 unspecified atom stereocenters. The third-order valence-electron chi connectivity index (χ3n) is 3.32. The second-order valence-corrected chi connectivity index (χ2v) is 4.10. The van der Waals surface area contributed by atoms with E-state index in [9.17, 15) is 0 Å². The second-order valence-electron chi connectivity index (χ2n) is 4.10. The van der Waals surface area contributed by atoms with Crippen molar-refractivity contribution >= 4 is 0 Å². The van der Waals surface area contributed by atoms with Gasteiger partial charge in [-0.05, 0) is 38.1 Å². The molecule has 0 amide bonds. The van der Waals surface area contributed by atoms with Gasteiger partial charge in [0.1, 0.15) is 0 Å². The molecule has 1 atom stereocenters. The minimum atomic E-state index is 0. The standard InChI is InChI=1S/C10H19N.C2H6.H2O/c1-2-5-9(6-3-1)10-7-4-8-11-10;1-2;/h9-11H,1-8H2;1-2H3;1H2. The summed E-state index contributed by atoms with van der Waals surface area (Å²) in [5.74, 6) is 1.03. The summed E-state index contributed by atoms with van der Waals surface area (Å²) in [5.41, 5.74) is 0. The molecule has 1 heterocycles. The van der Waals surface area contributed by atoms with E-state index < -0.39 is 0 Å². The molecule has 2 fully saturated rings. The fourth-order valence-corrected chi connectivity index (χ4v) is 2.65. The van der Waals surface area contributed by atoms with Gasteiger partial charge in [0.15, 0.2) is 0 Å². The van der Waals surface area contributed by atoms with Crippen LogP contribution in [0.15, 0.2) is 0 Å². The predicted molar refractivity (Wildman–Crippen MR) is 62.6 cm³/mol. The van der Waals surface area contributed by atoms with Crippen molar-refractivity contribution in [3.8, 4) is 0 Å². The van der Waals surface area contributed by atoms with E-state index in [4.69, 9.17) is 0 Å². The third-order valence-corrected chi connectivity index (χ3v) is 3.32. The summed E-state index contributed by atoms with van der Waals surface area (Å²) in [6.45, 7) is 5.28. The number of hydrogen-bond acceptors (Lipinski definition) is 1. The van der Waals surface area contributed by atoms with Gasteiger partial charge in [-0.3, -0.25) is 0 Å². The molecule has 86 valence electrons. The van der Waals surface area contributed by atoms with Crippen LogP contribution >= 0.6 is 0 Å². The quantitative estimate of drug-likeness (QED) is 0.696. The molecule has 0 aromatic carbocycles. The van der Waals surface area contributed by atoms with Crippen LogP contribution < -0.4 is 5.32 Å². The molecule has 1 aliphatic carbocycles. The summed E-state index contributed by atoms with van der Waals surface area (Å²) in [7, 11) is 0. The van der Waals surface area contributed by atoms with Crippen LogP contribution in [0.5, 0.6) is 0 Å². The zero-order chi connectivity index (χ0) is 9.52. The summed E-state index contributed by atoms with van der Waals surface area (Å²) in [4.78, 5) is 0. The molecule has 1 saturated carbocycles. The average Bonchev–Trinajstić information content (AvgIpc) is 2.75. The van der Waals surface area contributed by atoms with Crippen molar-refractivity contribution in [2.75, 3.05) is 6.54 Å². The Morgan fingerprint density at radius 3 is 2.00 bits per heavy atom. The molecular weight excluding hydrogens is 174 g/mol. The Morgan fingerprint density at radius 2 is 1.50 bits per heavy atom. The predicted octanol–water partition coefficient (Wildman–Crippen LogP) is 2.52. The van der Waals surface area contributed by atoms with Crippen molar-refractivity contribution < 1.29 is 5.48 Å². The largest absolute Gasteiger partial charge is 0.412 e. The van der Waals surface area contributed by atoms with Crippen molar-refractivity contribution in [1.82, 2.24) is 5.32 Å². The lowest BCUT2D eigenvalue weighted by molar-refractivity contribution is 0.287. The Kier molecular flexibility index (Phi) is 8.20. The van der Waals surface area contributed by atoms with Gasteiger partial charge in [-0.1, -0.05) is 33.1 Å². The molecule has 0 bridgehead atoms. The molecule has 14 heavy (non-hydrogen) atoms. The van der Waals surface area contributed by atoms with Crippen molar-refractivity contribution in [3.63, 3.8) is 0 Å². The van der Waals surface area contributed by atoms with E-state index in [0.717, 1.165) is 12.0 Å². The zero-order valence-corrected chi connectivity index (χ0v) is 9.81. The molecule has 1 saturated heterocycles. The summed E-state index contributed by atoms with van der Waals surface area (Å²) in [6, 6.07) is 0.898. The highest BCUT2D eigenvalue weighted by Crippen LogP contribution is 2.29. The van der Waals surface area contributed by atoms with Crippen LogP contribution in [0.2, 0.25) is 0 Å². The monoisotopic (exact) mass is 201 g/mol. The maximum atomic E-state index is 3.63. The van der Waals surface area contributed by atoms with Gasteiger partial charge in [-0.15, -0.1) is 0 Å². The van der Waals surface area contributed by atoms with Crippen LogP contribution in [0.25, 0.3) is 0 Å². The molecule has 0 aromatic rings. The second kappa shape index (κ2) is 8.25. The fraction of sp³-hybridized carbons (Fsp3) is 1.00. The molecule has 0 spiro atoms. The average molecular weight is 201 g/mol. The topological polar surface area (TPSA) is 43.5 Å². The van der Waals surface area contributed by atoms with E-state index in [1.54, 1.807) is 0 Å². The van der Waals surface area contributed by atoms with Gasteiger partial charge in [0.25, 0.3) is 0 Å². The van der Waals surface area contributed by atoms with Crippen molar-refractivity contribution in [2.45, 2.75) is 64.8 Å². The van der Waals surface area contributed by atoms with Crippen LogP contribution in [0, 0.1) is 5.92 Å². The Labute approximate surface area is 88.8 Å². The molecule has 1 aliphatic heterocycles. The molecule has 2 heteroatoms. The molecule has 2 nitrogen and oxygen atoms in total. The number of nitrogens with one attached hydrogen (secondary N) is 1. The smallest absolute Gasteiger partial charge is 0.00957 e. The lowest BCUT2D eigenvalue weighted by Crippen LogP contribution is -2.31. The highest BCUT2D eigenvalue weighted by molar-refractivity contribution is 4.83. The number of rotatable bonds is 1. The first kappa shape index (κ1) is 13.9. The maximum absolute atomic E-state index is 3.63. The highest BCUT2D eigenvalue weighted by atomic mass is 16.0. The SMILES string of the molecule is C1CCC(C2CCCN2)CC1.CC.O. The van der Waals surface area contributed by atoms with E-state index in [1.807, 2.05) is 13.8 Å². The fourth-order valence-electron chi connectivity index (χ4n) is 2.65. The highest BCUT2D eigenvalue weighted by Gasteiger charge is 2.25. The Morgan fingerprint density at radius 1 is 0.857 bits per heavy atom. The first-order valence-electron chi connectivity index (χ1n) is 6.20. The van der Waals surface area contributed by atoms with E-state index in [0.29, 0.717) is 0 Å². The van der Waals surface area contributed by atoms with Gasteiger partial charge in [-0.2, -0.15) is 0 Å². The summed E-state index contributed by atoms with van der Waals surface area (Å²) in [6.07, 6.45) is 10.3.